The Balaban J connectivity index is 3.83. The van der Waals surface area contributed by atoms with E-state index in [0.717, 1.165) is 0 Å². The SMILES string of the molecule is CN(C(=O)Cl)C(=O)Cl. The Morgan fingerprint density at radius 3 is 1.50 bits per heavy atom. The number of carbonyl (C=O) groups excluding carboxylic acids is 2. The predicted molar refractivity (Wildman–Crippen MR) is 30.3 cm³/mol. The zero-order valence-electron chi connectivity index (χ0n) is 4.02. The summed E-state index contributed by atoms with van der Waals surface area (Å²) in [7, 11) is 1.19. The van der Waals surface area contributed by atoms with Crippen LogP contribution >= 0.6 is 23.2 Å². The second kappa shape index (κ2) is 2.89. The molecule has 5 heteroatoms. The van der Waals surface area contributed by atoms with Gasteiger partial charge in [-0.3, -0.25) is 14.5 Å². The van der Waals surface area contributed by atoms with Crippen LogP contribution in [0.2, 0.25) is 0 Å². The molecule has 0 aliphatic rings. The Hall–Kier alpha value is -0.280. The van der Waals surface area contributed by atoms with Crippen molar-refractivity contribution in [2.75, 3.05) is 7.05 Å². The van der Waals surface area contributed by atoms with E-state index >= 15 is 0 Å². The van der Waals surface area contributed by atoms with Crippen LogP contribution in [0.25, 0.3) is 0 Å². The molecule has 0 heterocycles. The van der Waals surface area contributed by atoms with Crippen molar-refractivity contribution in [3.05, 3.63) is 0 Å². The number of carbonyl (C=O) groups is 2. The third-order valence-corrected chi connectivity index (χ3v) is 1.03. The molecule has 0 rings (SSSR count). The average molecular weight is 156 g/mol. The molecule has 0 saturated carbocycles. The summed E-state index contributed by atoms with van der Waals surface area (Å²) in [5.74, 6) is 0. The molecule has 0 bridgehead atoms. The third-order valence-electron chi connectivity index (χ3n) is 0.527. The number of amides is 2. The van der Waals surface area contributed by atoms with Gasteiger partial charge in [-0.1, -0.05) is 0 Å². The quantitative estimate of drug-likeness (QED) is 0.394. The van der Waals surface area contributed by atoms with Crippen molar-refractivity contribution in [1.82, 2.24) is 4.90 Å². The molecule has 2 amide bonds. The Kier molecular flexibility index (Phi) is 2.79. The van der Waals surface area contributed by atoms with Crippen molar-refractivity contribution in [3.8, 4) is 0 Å². The Bertz CT molecular complexity index is 110. The maximum absolute atomic E-state index is 9.97. The molecular formula is C3H3Cl2NO2. The average Bonchev–Trinajstić information content (AvgIpc) is 1.64. The summed E-state index contributed by atoms with van der Waals surface area (Å²) in [5, 5.41) is -1.77. The molecule has 0 spiro atoms. The van der Waals surface area contributed by atoms with Crippen LogP contribution in [0, 0.1) is 0 Å². The van der Waals surface area contributed by atoms with E-state index in [-0.39, 0.29) is 0 Å². The highest BCUT2D eigenvalue weighted by molar-refractivity contribution is 6.70. The zero-order chi connectivity index (χ0) is 6.73. The van der Waals surface area contributed by atoms with Crippen LogP contribution in [-0.4, -0.2) is 22.7 Å². The lowest BCUT2D eigenvalue weighted by Crippen LogP contribution is -2.22. The van der Waals surface area contributed by atoms with Gasteiger partial charge in [-0.15, -0.1) is 0 Å². The van der Waals surface area contributed by atoms with Gasteiger partial charge < -0.3 is 0 Å². The minimum absolute atomic E-state index is 0.586. The largest absolute Gasteiger partial charge is 0.323 e. The first-order chi connectivity index (χ1) is 3.55. The summed E-state index contributed by atoms with van der Waals surface area (Å²) in [4.78, 5) is 20.5. The fourth-order valence-electron chi connectivity index (χ4n) is 0.0691. The van der Waals surface area contributed by atoms with E-state index in [4.69, 9.17) is 23.2 Å². The van der Waals surface area contributed by atoms with Gasteiger partial charge in [0.25, 0.3) is 0 Å². The summed E-state index contributed by atoms with van der Waals surface area (Å²) >= 11 is 9.61. The van der Waals surface area contributed by atoms with Gasteiger partial charge in [-0.05, 0) is 23.2 Å². The number of nitrogens with zero attached hydrogens (tertiary/aromatic N) is 1. The van der Waals surface area contributed by atoms with Crippen LogP contribution < -0.4 is 0 Å². The van der Waals surface area contributed by atoms with E-state index in [0.29, 0.717) is 4.90 Å². The van der Waals surface area contributed by atoms with Gasteiger partial charge in [0.15, 0.2) is 0 Å². The molecule has 0 fully saturated rings. The smallest absolute Gasteiger partial charge is 0.258 e. The van der Waals surface area contributed by atoms with E-state index in [1.54, 1.807) is 0 Å². The second-order valence-electron chi connectivity index (χ2n) is 1.06. The third kappa shape index (κ3) is 2.14. The monoisotopic (exact) mass is 155 g/mol. The Morgan fingerprint density at radius 1 is 1.25 bits per heavy atom. The molecule has 46 valence electrons. The standard InChI is InChI=1S/C3H3Cl2NO2/c1-6(2(4)7)3(5)8/h1H3. The van der Waals surface area contributed by atoms with Gasteiger partial charge in [0.05, 0.1) is 0 Å². The van der Waals surface area contributed by atoms with Gasteiger partial charge in [-0.25, -0.2) is 0 Å². The van der Waals surface area contributed by atoms with Gasteiger partial charge in [0.1, 0.15) is 0 Å². The second-order valence-corrected chi connectivity index (χ2v) is 1.71. The van der Waals surface area contributed by atoms with Crippen molar-refractivity contribution in [3.63, 3.8) is 0 Å². The molecule has 0 aromatic carbocycles. The molecule has 3 nitrogen and oxygen atoms in total. The molecule has 0 radical (unpaired) electrons. The number of hydrogen-bond donors (Lipinski definition) is 0. The number of rotatable bonds is 0. The summed E-state index contributed by atoms with van der Waals surface area (Å²) in [5.41, 5.74) is 0. The van der Waals surface area contributed by atoms with Gasteiger partial charge in [-0.2, -0.15) is 0 Å². The molecule has 0 saturated heterocycles. The van der Waals surface area contributed by atoms with Crippen LogP contribution in [0.1, 0.15) is 0 Å². The topological polar surface area (TPSA) is 37.4 Å². The number of halogens is 2. The van der Waals surface area contributed by atoms with Crippen LogP contribution in [0.5, 0.6) is 0 Å². The minimum atomic E-state index is -0.884. The van der Waals surface area contributed by atoms with Crippen molar-refractivity contribution < 1.29 is 9.59 Å². The van der Waals surface area contributed by atoms with Crippen LogP contribution in [0.4, 0.5) is 9.59 Å². The molecule has 0 aliphatic carbocycles. The predicted octanol–water partition coefficient (Wildman–Crippen LogP) is 1.64. The lowest BCUT2D eigenvalue weighted by Gasteiger charge is -2.02. The first-order valence-electron chi connectivity index (χ1n) is 1.68. The first kappa shape index (κ1) is 7.72. The maximum atomic E-state index is 9.97. The number of imide groups is 1. The molecule has 0 aliphatic heterocycles. The van der Waals surface area contributed by atoms with E-state index in [9.17, 15) is 9.59 Å². The molecule has 0 unspecified atom stereocenters. The highest BCUT2D eigenvalue weighted by atomic mass is 35.5. The van der Waals surface area contributed by atoms with Gasteiger partial charge >= 0.3 is 10.7 Å². The summed E-state index contributed by atoms with van der Waals surface area (Å²) in [6.45, 7) is 0. The fraction of sp³-hybridized carbons (Fsp3) is 0.333. The normalized spacial score (nSPS) is 8.38. The Labute approximate surface area is 56.2 Å². The summed E-state index contributed by atoms with van der Waals surface area (Å²) in [6.07, 6.45) is 0. The van der Waals surface area contributed by atoms with Crippen LogP contribution in [0.3, 0.4) is 0 Å². The Morgan fingerprint density at radius 2 is 1.50 bits per heavy atom. The molecule has 0 aromatic rings. The minimum Gasteiger partial charge on any atom is -0.258 e. The number of hydrogen-bond acceptors (Lipinski definition) is 2. The lowest BCUT2D eigenvalue weighted by atomic mass is 10.9. The molecular weight excluding hydrogens is 153 g/mol. The van der Waals surface area contributed by atoms with Crippen molar-refractivity contribution in [1.29, 1.82) is 0 Å². The van der Waals surface area contributed by atoms with Crippen molar-refractivity contribution >= 4 is 33.9 Å². The molecule has 0 N–H and O–H groups in total. The van der Waals surface area contributed by atoms with E-state index in [2.05, 4.69) is 0 Å². The highest BCUT2D eigenvalue weighted by Gasteiger charge is 2.09. The van der Waals surface area contributed by atoms with Gasteiger partial charge in [0.2, 0.25) is 0 Å². The summed E-state index contributed by atoms with van der Waals surface area (Å²) in [6, 6.07) is 0. The summed E-state index contributed by atoms with van der Waals surface area (Å²) < 4.78 is 0. The van der Waals surface area contributed by atoms with E-state index in [1.165, 1.54) is 7.05 Å². The van der Waals surface area contributed by atoms with Crippen molar-refractivity contribution in [2.45, 2.75) is 0 Å². The maximum Gasteiger partial charge on any atom is 0.323 e. The van der Waals surface area contributed by atoms with Crippen molar-refractivity contribution in [2.24, 2.45) is 0 Å². The van der Waals surface area contributed by atoms with E-state index < -0.39 is 10.7 Å². The van der Waals surface area contributed by atoms with Gasteiger partial charge in [0, 0.05) is 7.05 Å². The lowest BCUT2D eigenvalue weighted by molar-refractivity contribution is 0.222. The highest BCUT2D eigenvalue weighted by Crippen LogP contribution is 1.96. The molecule has 0 atom stereocenters. The molecule has 0 aromatic heterocycles. The van der Waals surface area contributed by atoms with E-state index in [1.807, 2.05) is 0 Å². The van der Waals surface area contributed by atoms with Crippen LogP contribution in [-0.2, 0) is 0 Å². The first-order valence-corrected chi connectivity index (χ1v) is 2.44. The zero-order valence-corrected chi connectivity index (χ0v) is 5.53. The fourth-order valence-corrected chi connectivity index (χ4v) is 0.266. The molecule has 8 heavy (non-hydrogen) atoms. The van der Waals surface area contributed by atoms with Crippen LogP contribution in [0.15, 0.2) is 0 Å².